The van der Waals surface area contributed by atoms with Crippen LogP contribution in [0.1, 0.15) is 23.5 Å². The maximum Gasteiger partial charge on any atom is 0.410 e. The number of rotatable bonds is 3. The number of hydrogen-bond acceptors (Lipinski definition) is 3. The van der Waals surface area contributed by atoms with E-state index in [4.69, 9.17) is 9.84 Å². The van der Waals surface area contributed by atoms with Gasteiger partial charge in [-0.05, 0) is 22.3 Å². The zero-order valence-electron chi connectivity index (χ0n) is 14.3. The molecule has 0 unspecified atom stereocenters. The highest BCUT2D eigenvalue weighted by molar-refractivity contribution is 5.82. The topological polar surface area (TPSA) is 66.8 Å². The molecule has 2 aliphatic rings. The Morgan fingerprint density at radius 3 is 2.19 bits per heavy atom. The summed E-state index contributed by atoms with van der Waals surface area (Å²) in [5.74, 6) is -4.90. The van der Waals surface area contributed by atoms with E-state index in [0.29, 0.717) is 4.90 Å². The minimum Gasteiger partial charge on any atom is -0.480 e. The van der Waals surface area contributed by atoms with Gasteiger partial charge < -0.3 is 9.84 Å². The molecule has 0 bridgehead atoms. The Hall–Kier alpha value is -2.96. The van der Waals surface area contributed by atoms with Crippen molar-refractivity contribution in [3.8, 4) is 11.1 Å². The van der Waals surface area contributed by atoms with Crippen LogP contribution in [0.4, 0.5) is 13.6 Å². The molecule has 0 spiro atoms. The van der Waals surface area contributed by atoms with Gasteiger partial charge in [-0.25, -0.2) is 18.4 Å². The van der Waals surface area contributed by atoms with E-state index in [9.17, 15) is 18.4 Å². The lowest BCUT2D eigenvalue weighted by Gasteiger charge is -2.22. The number of nitrogens with zero attached hydrogens (tertiary/aromatic N) is 1. The lowest BCUT2D eigenvalue weighted by molar-refractivity contribution is -0.142. The van der Waals surface area contributed by atoms with Crippen molar-refractivity contribution in [3.63, 3.8) is 0 Å². The SMILES string of the molecule is O=C(O)[C@@H]1CC(F)(F)CN1C(=O)OCC1c2ccccc2-c2ccccc21. The van der Waals surface area contributed by atoms with E-state index in [-0.39, 0.29) is 12.5 Å². The summed E-state index contributed by atoms with van der Waals surface area (Å²) in [5, 5.41) is 9.12. The van der Waals surface area contributed by atoms with Crippen LogP contribution in [0, 0.1) is 0 Å². The zero-order chi connectivity index (χ0) is 19.2. The number of carbonyl (C=O) groups is 2. The molecular weight excluding hydrogens is 356 g/mol. The number of halogens is 2. The minimum absolute atomic E-state index is 0.0404. The lowest BCUT2D eigenvalue weighted by atomic mass is 9.98. The number of hydrogen-bond donors (Lipinski definition) is 1. The third kappa shape index (κ3) is 3.03. The fraction of sp³-hybridized carbons (Fsp3) is 0.300. The Morgan fingerprint density at radius 1 is 1.07 bits per heavy atom. The quantitative estimate of drug-likeness (QED) is 0.890. The van der Waals surface area contributed by atoms with Crippen LogP contribution in [-0.4, -0.2) is 47.2 Å². The molecule has 1 saturated heterocycles. The van der Waals surface area contributed by atoms with Crippen molar-refractivity contribution >= 4 is 12.1 Å². The summed E-state index contributed by atoms with van der Waals surface area (Å²) in [6.07, 6.45) is -1.92. The second-order valence-electron chi connectivity index (χ2n) is 6.85. The third-order valence-corrected chi connectivity index (χ3v) is 5.13. The molecule has 140 valence electrons. The van der Waals surface area contributed by atoms with Crippen LogP contribution in [0.25, 0.3) is 11.1 Å². The fourth-order valence-corrected chi connectivity index (χ4v) is 3.91. The lowest BCUT2D eigenvalue weighted by Crippen LogP contribution is -2.41. The van der Waals surface area contributed by atoms with Gasteiger partial charge in [0.2, 0.25) is 0 Å². The molecule has 1 aliphatic heterocycles. The molecule has 0 saturated carbocycles. The van der Waals surface area contributed by atoms with Gasteiger partial charge in [-0.2, -0.15) is 0 Å². The largest absolute Gasteiger partial charge is 0.480 e. The van der Waals surface area contributed by atoms with E-state index in [1.165, 1.54) is 0 Å². The highest BCUT2D eigenvalue weighted by Gasteiger charge is 2.51. The van der Waals surface area contributed by atoms with Gasteiger partial charge >= 0.3 is 12.1 Å². The average Bonchev–Trinajstić information content (AvgIpc) is 3.14. The molecule has 1 fully saturated rings. The smallest absolute Gasteiger partial charge is 0.410 e. The van der Waals surface area contributed by atoms with E-state index in [1.54, 1.807) is 0 Å². The van der Waals surface area contributed by atoms with Crippen LogP contribution in [0.3, 0.4) is 0 Å². The standard InChI is InChI=1S/C20H17F2NO4/c21-20(22)9-17(18(24)25)23(11-20)19(26)27-10-16-14-7-3-1-5-12(14)13-6-2-4-8-15(13)16/h1-8,16-17H,9-11H2,(H,24,25)/t17-/m0/s1. The number of likely N-dealkylation sites (tertiary alicyclic amines) is 1. The number of alkyl halides is 2. The Balaban J connectivity index is 1.54. The van der Waals surface area contributed by atoms with Crippen molar-refractivity contribution in [2.75, 3.05) is 13.2 Å². The Bertz CT molecular complexity index is 869. The Kier molecular flexibility index (Phi) is 4.09. The minimum atomic E-state index is -3.23. The van der Waals surface area contributed by atoms with Crippen LogP contribution in [0.5, 0.6) is 0 Å². The molecule has 2 aromatic rings. The number of fused-ring (bicyclic) bond motifs is 3. The van der Waals surface area contributed by atoms with Crippen molar-refractivity contribution in [2.45, 2.75) is 24.3 Å². The van der Waals surface area contributed by atoms with Crippen molar-refractivity contribution in [3.05, 3.63) is 59.7 Å². The van der Waals surface area contributed by atoms with Gasteiger partial charge in [0.1, 0.15) is 12.6 Å². The van der Waals surface area contributed by atoms with E-state index >= 15 is 0 Å². The number of carboxylic acids is 1. The summed E-state index contributed by atoms with van der Waals surface area (Å²) >= 11 is 0. The zero-order valence-corrected chi connectivity index (χ0v) is 14.3. The third-order valence-electron chi connectivity index (χ3n) is 5.13. The van der Waals surface area contributed by atoms with Crippen LogP contribution >= 0.6 is 0 Å². The predicted molar refractivity (Wildman–Crippen MR) is 92.8 cm³/mol. The second kappa shape index (κ2) is 6.33. The van der Waals surface area contributed by atoms with Gasteiger partial charge in [-0.1, -0.05) is 48.5 Å². The first-order valence-electron chi connectivity index (χ1n) is 8.59. The molecule has 1 atom stereocenters. The molecule has 1 N–H and O–H groups in total. The first-order chi connectivity index (χ1) is 12.9. The molecule has 0 aromatic heterocycles. The van der Waals surface area contributed by atoms with Crippen molar-refractivity contribution < 1.29 is 28.2 Å². The van der Waals surface area contributed by atoms with Crippen LogP contribution in [-0.2, 0) is 9.53 Å². The normalized spacial score (nSPS) is 20.2. The first kappa shape index (κ1) is 17.5. The average molecular weight is 373 g/mol. The summed E-state index contributed by atoms with van der Waals surface area (Å²) in [6, 6.07) is 13.9. The number of ether oxygens (including phenoxy) is 1. The highest BCUT2D eigenvalue weighted by Crippen LogP contribution is 2.44. The van der Waals surface area contributed by atoms with Crippen molar-refractivity contribution in [1.82, 2.24) is 4.90 Å². The van der Waals surface area contributed by atoms with Gasteiger partial charge in [-0.3, -0.25) is 4.90 Å². The number of amides is 1. The molecular formula is C20H17F2NO4. The van der Waals surface area contributed by atoms with Crippen molar-refractivity contribution in [1.29, 1.82) is 0 Å². The summed E-state index contributed by atoms with van der Waals surface area (Å²) in [4.78, 5) is 24.2. The number of carbonyl (C=O) groups excluding carboxylic acids is 1. The van der Waals surface area contributed by atoms with E-state index in [0.717, 1.165) is 22.3 Å². The summed E-state index contributed by atoms with van der Waals surface area (Å²) < 4.78 is 32.5. The molecule has 1 amide bonds. The number of aliphatic carboxylic acids is 1. The fourth-order valence-electron chi connectivity index (χ4n) is 3.91. The van der Waals surface area contributed by atoms with Gasteiger partial charge in [-0.15, -0.1) is 0 Å². The van der Waals surface area contributed by atoms with E-state index in [1.807, 2.05) is 48.5 Å². The van der Waals surface area contributed by atoms with Crippen molar-refractivity contribution in [2.24, 2.45) is 0 Å². The molecule has 4 rings (SSSR count). The van der Waals surface area contributed by atoms with E-state index in [2.05, 4.69) is 0 Å². The molecule has 5 nitrogen and oxygen atoms in total. The van der Waals surface area contributed by atoms with Gasteiger partial charge in [0.25, 0.3) is 5.92 Å². The molecule has 1 heterocycles. The molecule has 7 heteroatoms. The van der Waals surface area contributed by atoms with Crippen LogP contribution in [0.2, 0.25) is 0 Å². The van der Waals surface area contributed by atoms with E-state index < -0.39 is 37.0 Å². The maximum atomic E-state index is 13.6. The monoisotopic (exact) mass is 373 g/mol. The van der Waals surface area contributed by atoms with Gasteiger partial charge in [0.05, 0.1) is 6.54 Å². The molecule has 2 aromatic carbocycles. The number of carboxylic acid groups (broad SMARTS) is 1. The summed E-state index contributed by atoms with van der Waals surface area (Å²) in [7, 11) is 0. The Morgan fingerprint density at radius 2 is 1.63 bits per heavy atom. The molecule has 27 heavy (non-hydrogen) atoms. The van der Waals surface area contributed by atoms with Crippen LogP contribution < -0.4 is 0 Å². The first-order valence-corrected chi connectivity index (χ1v) is 8.59. The number of benzene rings is 2. The summed E-state index contributed by atoms with van der Waals surface area (Å²) in [6.45, 7) is -0.984. The highest BCUT2D eigenvalue weighted by atomic mass is 19.3. The van der Waals surface area contributed by atoms with Gasteiger partial charge in [0, 0.05) is 12.3 Å². The predicted octanol–water partition coefficient (Wildman–Crippen LogP) is 3.73. The molecule has 0 radical (unpaired) electrons. The summed E-state index contributed by atoms with van der Waals surface area (Å²) in [5.41, 5.74) is 4.08. The second-order valence-corrected chi connectivity index (χ2v) is 6.85. The maximum absolute atomic E-state index is 13.6. The Labute approximate surface area is 154 Å². The van der Waals surface area contributed by atoms with Gasteiger partial charge in [0.15, 0.2) is 0 Å². The molecule has 1 aliphatic carbocycles. The van der Waals surface area contributed by atoms with Crippen LogP contribution in [0.15, 0.2) is 48.5 Å².